The second-order valence-corrected chi connectivity index (χ2v) is 8.69. The highest BCUT2D eigenvalue weighted by Crippen LogP contribution is 2.28. The van der Waals surface area contributed by atoms with Crippen LogP contribution in [0.15, 0.2) is 53.7 Å². The third-order valence-corrected chi connectivity index (χ3v) is 6.73. The van der Waals surface area contributed by atoms with Crippen LogP contribution in [0.4, 0.5) is 0 Å². The Hall–Kier alpha value is -2.06. The molecule has 2 aromatic heterocycles. The van der Waals surface area contributed by atoms with E-state index in [0.717, 1.165) is 47.6 Å². The average Bonchev–Trinajstić information content (AvgIpc) is 3.28. The maximum absolute atomic E-state index is 6.42. The van der Waals surface area contributed by atoms with E-state index in [1.165, 1.54) is 22.2 Å². The zero-order chi connectivity index (χ0) is 20.9. The Labute approximate surface area is 197 Å². The van der Waals surface area contributed by atoms with E-state index in [1.807, 2.05) is 25.2 Å². The van der Waals surface area contributed by atoms with Gasteiger partial charge in [-0.3, -0.25) is 0 Å². The number of tetrazole rings is 1. The number of hydrogen-bond acceptors (Lipinski definition) is 5. The molecule has 0 radical (unpaired) electrons. The number of nitrogens with zero attached hydrogens (tertiary/aromatic N) is 5. The Morgan fingerprint density at radius 1 is 1.10 bits per heavy atom. The van der Waals surface area contributed by atoms with E-state index < -0.39 is 0 Å². The highest BCUT2D eigenvalue weighted by molar-refractivity contribution is 7.99. The molecular weight excluding hydrogens is 451 g/mol. The number of rotatable bonds is 9. The van der Waals surface area contributed by atoms with Gasteiger partial charge in [0, 0.05) is 47.5 Å². The summed E-state index contributed by atoms with van der Waals surface area (Å²) in [6.45, 7) is 4.76. The van der Waals surface area contributed by atoms with Gasteiger partial charge in [-0.05, 0) is 53.6 Å². The molecular formula is C22H26Cl2N6S. The minimum Gasteiger partial charge on any atom is -0.340 e. The second-order valence-electron chi connectivity index (χ2n) is 7.22. The molecule has 0 aliphatic heterocycles. The van der Waals surface area contributed by atoms with Crippen LogP contribution in [-0.2, 0) is 20.1 Å². The summed E-state index contributed by atoms with van der Waals surface area (Å²) in [6, 6.07) is 16.7. The molecule has 31 heavy (non-hydrogen) atoms. The molecule has 9 heteroatoms. The van der Waals surface area contributed by atoms with E-state index >= 15 is 0 Å². The largest absolute Gasteiger partial charge is 0.340 e. The smallest absolute Gasteiger partial charge is 0.209 e. The van der Waals surface area contributed by atoms with Gasteiger partial charge in [0.05, 0.1) is 0 Å². The number of benzene rings is 2. The Balaban J connectivity index is 0.00000272. The molecule has 0 aliphatic rings. The number of thioether (sulfide) groups is 1. The molecule has 164 valence electrons. The van der Waals surface area contributed by atoms with Crippen molar-refractivity contribution in [1.82, 2.24) is 30.1 Å². The highest BCUT2D eigenvalue weighted by Gasteiger charge is 2.14. The summed E-state index contributed by atoms with van der Waals surface area (Å²) in [5, 5.41) is 18.1. The van der Waals surface area contributed by atoms with Crippen LogP contribution in [0.3, 0.4) is 0 Å². The van der Waals surface area contributed by atoms with Crippen molar-refractivity contribution in [3.8, 4) is 0 Å². The van der Waals surface area contributed by atoms with E-state index in [4.69, 9.17) is 11.6 Å². The monoisotopic (exact) mass is 476 g/mol. The summed E-state index contributed by atoms with van der Waals surface area (Å²) >= 11 is 8.10. The molecule has 4 aromatic rings. The first kappa shape index (κ1) is 23.6. The van der Waals surface area contributed by atoms with E-state index in [2.05, 4.69) is 62.7 Å². The van der Waals surface area contributed by atoms with Crippen molar-refractivity contribution in [2.75, 3.05) is 12.3 Å². The summed E-state index contributed by atoms with van der Waals surface area (Å²) in [4.78, 5) is 0. The van der Waals surface area contributed by atoms with Crippen LogP contribution in [0.1, 0.15) is 23.2 Å². The van der Waals surface area contributed by atoms with E-state index in [1.54, 1.807) is 16.4 Å². The van der Waals surface area contributed by atoms with Crippen LogP contribution in [0.5, 0.6) is 0 Å². The van der Waals surface area contributed by atoms with Crippen molar-refractivity contribution in [2.45, 2.75) is 31.6 Å². The van der Waals surface area contributed by atoms with Crippen LogP contribution < -0.4 is 5.32 Å². The molecule has 0 fully saturated rings. The number of hydrogen-bond donors (Lipinski definition) is 1. The van der Waals surface area contributed by atoms with Crippen molar-refractivity contribution >= 4 is 46.7 Å². The molecule has 0 spiro atoms. The molecule has 6 nitrogen and oxygen atoms in total. The van der Waals surface area contributed by atoms with E-state index in [0.29, 0.717) is 0 Å². The summed E-state index contributed by atoms with van der Waals surface area (Å²) in [7, 11) is 1.86. The Morgan fingerprint density at radius 2 is 1.87 bits per heavy atom. The Bertz CT molecular complexity index is 1140. The standard InChI is InChI=1S/C22H25ClN6S.ClH/c1-16-19(14-24-12-7-13-30-22-25-26-27-28(22)2)18-9-4-6-11-21(18)29(16)15-17-8-3-5-10-20(17)23;/h3-6,8-11,24H,7,12-15H2,1-2H3;1H. The van der Waals surface area contributed by atoms with Crippen molar-refractivity contribution in [3.63, 3.8) is 0 Å². The van der Waals surface area contributed by atoms with E-state index in [9.17, 15) is 0 Å². The van der Waals surface area contributed by atoms with Crippen molar-refractivity contribution < 1.29 is 0 Å². The molecule has 0 unspecified atom stereocenters. The maximum atomic E-state index is 6.42. The summed E-state index contributed by atoms with van der Waals surface area (Å²) in [5.74, 6) is 0.981. The van der Waals surface area contributed by atoms with Gasteiger partial charge in [0.25, 0.3) is 0 Å². The van der Waals surface area contributed by atoms with Gasteiger partial charge in [-0.1, -0.05) is 59.8 Å². The molecule has 0 saturated heterocycles. The second kappa shape index (κ2) is 11.0. The number of nitrogens with one attached hydrogen (secondary N) is 1. The summed E-state index contributed by atoms with van der Waals surface area (Å²) in [6.07, 6.45) is 1.05. The fraction of sp³-hybridized carbons (Fsp3) is 0.318. The molecule has 0 atom stereocenters. The van der Waals surface area contributed by atoms with Crippen LogP contribution in [0, 0.1) is 6.92 Å². The molecule has 0 bridgehead atoms. The van der Waals surface area contributed by atoms with Gasteiger partial charge < -0.3 is 9.88 Å². The zero-order valence-corrected chi connectivity index (χ0v) is 20.0. The van der Waals surface area contributed by atoms with Gasteiger partial charge >= 0.3 is 0 Å². The minimum atomic E-state index is 0. The first-order valence-corrected chi connectivity index (χ1v) is 11.4. The van der Waals surface area contributed by atoms with Gasteiger partial charge in [-0.15, -0.1) is 17.5 Å². The van der Waals surface area contributed by atoms with Gasteiger partial charge in [0.2, 0.25) is 5.16 Å². The fourth-order valence-electron chi connectivity index (χ4n) is 3.64. The van der Waals surface area contributed by atoms with Crippen molar-refractivity contribution in [3.05, 3.63) is 70.4 Å². The molecule has 0 aliphatic carbocycles. The van der Waals surface area contributed by atoms with Gasteiger partial charge in [0.15, 0.2) is 0 Å². The van der Waals surface area contributed by atoms with Crippen LogP contribution in [0.25, 0.3) is 10.9 Å². The first-order valence-electron chi connectivity index (χ1n) is 10.0. The molecule has 0 saturated carbocycles. The zero-order valence-electron chi connectivity index (χ0n) is 17.6. The normalized spacial score (nSPS) is 11.1. The lowest BCUT2D eigenvalue weighted by molar-refractivity contribution is 0.660. The third-order valence-electron chi connectivity index (χ3n) is 5.26. The number of aromatic nitrogens is 5. The molecule has 2 heterocycles. The number of fused-ring (bicyclic) bond motifs is 1. The lowest BCUT2D eigenvalue weighted by Crippen LogP contribution is -2.16. The SMILES string of the molecule is Cc1c(CNCCCSc2nnnn2C)c2ccccc2n1Cc1ccccc1Cl.Cl. The van der Waals surface area contributed by atoms with Crippen LogP contribution in [0.2, 0.25) is 5.02 Å². The number of aryl methyl sites for hydroxylation is 1. The molecule has 1 N–H and O–H groups in total. The van der Waals surface area contributed by atoms with Crippen molar-refractivity contribution in [2.24, 2.45) is 7.05 Å². The van der Waals surface area contributed by atoms with Gasteiger partial charge in [0.1, 0.15) is 0 Å². The number of halogens is 2. The lowest BCUT2D eigenvalue weighted by atomic mass is 10.1. The van der Waals surface area contributed by atoms with Gasteiger partial charge in [-0.2, -0.15) is 0 Å². The fourth-order valence-corrected chi connectivity index (χ4v) is 4.63. The average molecular weight is 477 g/mol. The molecule has 4 rings (SSSR count). The Kier molecular flexibility index (Phi) is 8.37. The minimum absolute atomic E-state index is 0. The van der Waals surface area contributed by atoms with Crippen molar-refractivity contribution in [1.29, 1.82) is 0 Å². The highest BCUT2D eigenvalue weighted by atomic mass is 35.5. The predicted octanol–water partition coefficient (Wildman–Crippen LogP) is 4.87. The summed E-state index contributed by atoms with van der Waals surface area (Å²) in [5.41, 5.74) is 5.01. The third kappa shape index (κ3) is 5.41. The Morgan fingerprint density at radius 3 is 2.65 bits per heavy atom. The molecule has 0 amide bonds. The topological polar surface area (TPSA) is 60.6 Å². The van der Waals surface area contributed by atoms with Gasteiger partial charge in [-0.25, -0.2) is 4.68 Å². The van der Waals surface area contributed by atoms with Crippen LogP contribution in [-0.4, -0.2) is 37.1 Å². The van der Waals surface area contributed by atoms with Crippen LogP contribution >= 0.6 is 35.8 Å². The lowest BCUT2D eigenvalue weighted by Gasteiger charge is -2.11. The maximum Gasteiger partial charge on any atom is 0.209 e. The number of para-hydroxylation sites is 1. The molecule has 2 aromatic carbocycles. The predicted molar refractivity (Wildman–Crippen MR) is 130 cm³/mol. The quantitative estimate of drug-likeness (QED) is 0.275. The van der Waals surface area contributed by atoms with E-state index in [-0.39, 0.29) is 12.4 Å². The first-order chi connectivity index (χ1) is 14.6. The summed E-state index contributed by atoms with van der Waals surface area (Å²) < 4.78 is 4.07.